The second-order valence-corrected chi connectivity index (χ2v) is 6.67. The Labute approximate surface area is 153 Å². The lowest BCUT2D eigenvalue weighted by Gasteiger charge is -2.24. The van der Waals surface area contributed by atoms with Gasteiger partial charge in [0.05, 0.1) is 17.9 Å². The van der Waals surface area contributed by atoms with E-state index in [9.17, 15) is 4.79 Å². The second-order valence-electron chi connectivity index (χ2n) is 5.84. The van der Waals surface area contributed by atoms with Crippen LogP contribution in [0.3, 0.4) is 0 Å². The SMILES string of the molecule is Cc1nc(Nc2nncs2)cc([C@H]2CCCN2C(=O)c2cnccn2)n1. The quantitative estimate of drug-likeness (QED) is 0.746. The molecule has 0 unspecified atom stereocenters. The van der Waals surface area contributed by atoms with Gasteiger partial charge in [0.15, 0.2) is 0 Å². The molecule has 3 aromatic rings. The molecule has 9 nitrogen and oxygen atoms in total. The van der Waals surface area contributed by atoms with E-state index in [1.165, 1.54) is 23.7 Å². The van der Waals surface area contributed by atoms with Crippen molar-refractivity contribution in [3.8, 4) is 0 Å². The number of amides is 1. The zero-order valence-electron chi connectivity index (χ0n) is 14.0. The van der Waals surface area contributed by atoms with Gasteiger partial charge in [0, 0.05) is 25.0 Å². The van der Waals surface area contributed by atoms with Gasteiger partial charge in [-0.25, -0.2) is 15.0 Å². The number of nitrogens with one attached hydrogen (secondary N) is 1. The number of nitrogens with zero attached hydrogens (tertiary/aromatic N) is 7. The zero-order chi connectivity index (χ0) is 17.9. The predicted molar refractivity (Wildman–Crippen MR) is 95.0 cm³/mol. The maximum atomic E-state index is 12.8. The van der Waals surface area contributed by atoms with Gasteiger partial charge in [-0.1, -0.05) is 11.3 Å². The van der Waals surface area contributed by atoms with Crippen LogP contribution < -0.4 is 5.32 Å². The van der Waals surface area contributed by atoms with Gasteiger partial charge in [-0.05, 0) is 19.8 Å². The fourth-order valence-corrected chi connectivity index (χ4v) is 3.49. The van der Waals surface area contributed by atoms with Gasteiger partial charge in [-0.2, -0.15) is 0 Å². The van der Waals surface area contributed by atoms with E-state index < -0.39 is 0 Å². The van der Waals surface area contributed by atoms with Gasteiger partial charge in [-0.15, -0.1) is 10.2 Å². The largest absolute Gasteiger partial charge is 0.329 e. The van der Waals surface area contributed by atoms with Gasteiger partial charge in [-0.3, -0.25) is 9.78 Å². The first-order chi connectivity index (χ1) is 12.7. The Kier molecular flexibility index (Phi) is 4.48. The minimum atomic E-state index is -0.129. The minimum Gasteiger partial charge on any atom is -0.329 e. The van der Waals surface area contributed by atoms with Crippen LogP contribution in [0.1, 0.15) is 40.9 Å². The smallest absolute Gasteiger partial charge is 0.274 e. The maximum Gasteiger partial charge on any atom is 0.274 e. The number of likely N-dealkylation sites (tertiary alicyclic amines) is 1. The molecule has 1 aliphatic heterocycles. The lowest BCUT2D eigenvalue weighted by molar-refractivity contribution is 0.0726. The molecule has 0 bridgehead atoms. The molecule has 1 aliphatic rings. The summed E-state index contributed by atoms with van der Waals surface area (Å²) in [5, 5.41) is 11.6. The summed E-state index contributed by atoms with van der Waals surface area (Å²) in [4.78, 5) is 31.7. The zero-order valence-corrected chi connectivity index (χ0v) is 14.8. The minimum absolute atomic E-state index is 0.110. The van der Waals surface area contributed by atoms with Crippen molar-refractivity contribution in [2.24, 2.45) is 0 Å². The van der Waals surface area contributed by atoms with E-state index >= 15 is 0 Å². The fourth-order valence-electron chi connectivity index (χ4n) is 3.04. The van der Waals surface area contributed by atoms with Crippen LogP contribution in [0.2, 0.25) is 0 Å². The second kappa shape index (κ2) is 7.08. The summed E-state index contributed by atoms with van der Waals surface area (Å²) in [7, 11) is 0. The number of hydrogen-bond acceptors (Lipinski definition) is 9. The third-order valence-electron chi connectivity index (χ3n) is 4.09. The fraction of sp³-hybridized carbons (Fsp3) is 0.312. The Morgan fingerprint density at radius 1 is 1.35 bits per heavy atom. The molecule has 4 rings (SSSR count). The first-order valence-electron chi connectivity index (χ1n) is 8.16. The van der Waals surface area contributed by atoms with Gasteiger partial charge in [0.1, 0.15) is 22.8 Å². The standard InChI is InChI=1S/C16H16N8OS/c1-10-20-11(7-14(21-10)22-16-23-19-9-26-16)13-3-2-6-24(13)15(25)12-8-17-4-5-18-12/h4-5,7-9,13H,2-3,6H2,1H3,(H,20,21,22,23)/t13-/m1/s1. The van der Waals surface area contributed by atoms with Crippen molar-refractivity contribution in [1.82, 2.24) is 35.0 Å². The number of hydrogen-bond donors (Lipinski definition) is 1. The molecule has 1 atom stereocenters. The number of aryl methyl sites for hydroxylation is 1. The number of anilines is 2. The van der Waals surface area contributed by atoms with Gasteiger partial charge >= 0.3 is 0 Å². The average Bonchev–Trinajstić information content (AvgIpc) is 3.33. The van der Waals surface area contributed by atoms with Crippen molar-refractivity contribution in [2.75, 3.05) is 11.9 Å². The Morgan fingerprint density at radius 2 is 2.27 bits per heavy atom. The molecular formula is C16H16N8OS. The first-order valence-corrected chi connectivity index (χ1v) is 9.04. The van der Waals surface area contributed by atoms with Crippen LogP contribution in [-0.4, -0.2) is 47.5 Å². The molecule has 1 amide bonds. The normalized spacial score (nSPS) is 16.7. The van der Waals surface area contributed by atoms with Gasteiger partial charge < -0.3 is 10.2 Å². The summed E-state index contributed by atoms with van der Waals surface area (Å²) in [6, 6.07) is 1.75. The summed E-state index contributed by atoms with van der Waals surface area (Å²) in [5.41, 5.74) is 2.80. The van der Waals surface area contributed by atoms with Crippen molar-refractivity contribution < 1.29 is 4.79 Å². The Hall–Kier alpha value is -3.01. The van der Waals surface area contributed by atoms with E-state index in [1.54, 1.807) is 16.6 Å². The van der Waals surface area contributed by atoms with Crippen molar-refractivity contribution in [2.45, 2.75) is 25.8 Å². The summed E-state index contributed by atoms with van der Waals surface area (Å²) in [6.45, 7) is 2.50. The van der Waals surface area contributed by atoms with E-state index in [1.807, 2.05) is 13.0 Å². The van der Waals surface area contributed by atoms with Gasteiger partial charge in [0.25, 0.3) is 5.91 Å². The van der Waals surface area contributed by atoms with Gasteiger partial charge in [0.2, 0.25) is 5.13 Å². The third-order valence-corrected chi connectivity index (χ3v) is 4.70. The molecule has 26 heavy (non-hydrogen) atoms. The molecule has 4 heterocycles. The molecule has 0 aromatic carbocycles. The van der Waals surface area contributed by atoms with Crippen LogP contribution >= 0.6 is 11.3 Å². The first kappa shape index (κ1) is 16.5. The molecule has 1 saturated heterocycles. The number of aromatic nitrogens is 6. The lowest BCUT2D eigenvalue weighted by atomic mass is 10.1. The molecule has 0 radical (unpaired) electrons. The highest BCUT2D eigenvalue weighted by atomic mass is 32.1. The molecule has 1 fully saturated rings. The summed E-state index contributed by atoms with van der Waals surface area (Å²) < 4.78 is 0. The molecule has 3 aromatic heterocycles. The summed E-state index contributed by atoms with van der Waals surface area (Å²) in [6.07, 6.45) is 6.33. The molecule has 10 heteroatoms. The van der Waals surface area contributed by atoms with Crippen LogP contribution in [0.4, 0.5) is 10.9 Å². The van der Waals surface area contributed by atoms with Crippen molar-refractivity contribution in [3.63, 3.8) is 0 Å². The third kappa shape index (κ3) is 3.36. The number of carbonyl (C=O) groups is 1. The van der Waals surface area contributed by atoms with Crippen molar-refractivity contribution >= 4 is 28.2 Å². The highest BCUT2D eigenvalue weighted by Gasteiger charge is 2.32. The molecule has 132 valence electrons. The monoisotopic (exact) mass is 368 g/mol. The Morgan fingerprint density at radius 3 is 3.04 bits per heavy atom. The Bertz CT molecular complexity index is 902. The van der Waals surface area contributed by atoms with Crippen LogP contribution in [0.25, 0.3) is 0 Å². The maximum absolute atomic E-state index is 12.8. The summed E-state index contributed by atoms with van der Waals surface area (Å²) >= 11 is 1.39. The van der Waals surface area contributed by atoms with E-state index in [2.05, 4.69) is 35.5 Å². The number of carbonyl (C=O) groups excluding carboxylic acids is 1. The Balaban J connectivity index is 1.61. The van der Waals surface area contributed by atoms with E-state index in [0.717, 1.165) is 18.5 Å². The molecule has 0 aliphatic carbocycles. The van der Waals surface area contributed by atoms with Crippen molar-refractivity contribution in [1.29, 1.82) is 0 Å². The average molecular weight is 368 g/mol. The highest BCUT2D eigenvalue weighted by molar-refractivity contribution is 7.13. The molecular weight excluding hydrogens is 352 g/mol. The molecule has 0 saturated carbocycles. The van der Waals surface area contributed by atoms with Crippen LogP contribution in [0.5, 0.6) is 0 Å². The van der Waals surface area contributed by atoms with Crippen LogP contribution in [0, 0.1) is 6.92 Å². The molecule has 1 N–H and O–H groups in total. The number of rotatable bonds is 4. The van der Waals surface area contributed by atoms with Crippen LogP contribution in [0.15, 0.2) is 30.2 Å². The summed E-state index contributed by atoms with van der Waals surface area (Å²) in [5.74, 6) is 1.15. The highest BCUT2D eigenvalue weighted by Crippen LogP contribution is 2.33. The van der Waals surface area contributed by atoms with Crippen LogP contribution in [-0.2, 0) is 0 Å². The van der Waals surface area contributed by atoms with Crippen molar-refractivity contribution in [3.05, 3.63) is 47.4 Å². The van der Waals surface area contributed by atoms with E-state index in [4.69, 9.17) is 0 Å². The predicted octanol–water partition coefficient (Wildman–Crippen LogP) is 2.15. The molecule has 0 spiro atoms. The lowest BCUT2D eigenvalue weighted by Crippen LogP contribution is -2.31. The van der Waals surface area contributed by atoms with E-state index in [-0.39, 0.29) is 11.9 Å². The van der Waals surface area contributed by atoms with E-state index in [0.29, 0.717) is 29.0 Å². The topological polar surface area (TPSA) is 110 Å².